The van der Waals surface area contributed by atoms with E-state index in [9.17, 15) is 18.0 Å². The Morgan fingerprint density at radius 3 is 2.37 bits per heavy atom. The number of aryl methyl sites for hydroxylation is 2. The maximum atomic E-state index is 14.1. The Balaban J connectivity index is 1.14. The number of nitrogens with two attached hydrogens (primary N) is 1. The lowest BCUT2D eigenvalue weighted by molar-refractivity contribution is -0.136. The normalized spacial score (nSPS) is 17.6. The average molecular weight is 729 g/mol. The highest BCUT2D eigenvalue weighted by Gasteiger charge is 2.43. The molecular formula is C33H35Cl2N7O6S. The summed E-state index contributed by atoms with van der Waals surface area (Å²) in [5.41, 5.74) is 9.25. The predicted octanol–water partition coefficient (Wildman–Crippen LogP) is 4.07. The molecule has 258 valence electrons. The second-order valence-electron chi connectivity index (χ2n) is 11.9. The fraction of sp³-hybridized carbons (Fsp3) is 0.333. The fourth-order valence-electron chi connectivity index (χ4n) is 6.21. The number of rotatable bonds is 8. The standard InChI is InChI=1S/C33H35Cl2N7O6S/c1-20-21(2)41-13-4-6-27(31(41)37-20)48-19-24-25(34)11-12-28(29(24)35)49(46,47)42-14-3-5-26(42)33(44)40-17-15-39(16-18-40)32(43)23-9-7-22(8-10-23)30(36)38-45/h4,6-13,26,45H,3,5,14-19H2,1-2H3,(H2,36,38). The number of oxime groups is 1. The maximum absolute atomic E-state index is 14.1. The van der Waals surface area contributed by atoms with Gasteiger partial charge in [0.1, 0.15) is 17.5 Å². The number of benzene rings is 2. The van der Waals surface area contributed by atoms with Crippen LogP contribution in [0.15, 0.2) is 64.8 Å². The molecule has 16 heteroatoms. The Morgan fingerprint density at radius 1 is 1.00 bits per heavy atom. The molecule has 4 aromatic rings. The van der Waals surface area contributed by atoms with Crippen molar-refractivity contribution in [2.24, 2.45) is 10.9 Å². The van der Waals surface area contributed by atoms with Gasteiger partial charge in [-0.2, -0.15) is 4.31 Å². The van der Waals surface area contributed by atoms with Crippen molar-refractivity contribution in [3.63, 3.8) is 0 Å². The lowest BCUT2D eigenvalue weighted by Gasteiger charge is -2.37. The number of nitrogens with zero attached hydrogens (tertiary/aromatic N) is 6. The Morgan fingerprint density at radius 2 is 1.67 bits per heavy atom. The van der Waals surface area contributed by atoms with Crippen LogP contribution in [0.4, 0.5) is 0 Å². The molecule has 0 bridgehead atoms. The van der Waals surface area contributed by atoms with E-state index in [0.29, 0.717) is 40.9 Å². The lowest BCUT2D eigenvalue weighted by Crippen LogP contribution is -2.55. The van der Waals surface area contributed by atoms with E-state index in [0.717, 1.165) is 11.4 Å². The third kappa shape index (κ3) is 6.53. The van der Waals surface area contributed by atoms with E-state index in [-0.39, 0.29) is 71.9 Å². The van der Waals surface area contributed by atoms with Gasteiger partial charge in [0.15, 0.2) is 17.2 Å². The highest BCUT2D eigenvalue weighted by atomic mass is 35.5. The van der Waals surface area contributed by atoms with Crippen molar-refractivity contribution in [3.8, 4) is 5.75 Å². The quantitative estimate of drug-likeness (QED) is 0.119. The van der Waals surface area contributed by atoms with Crippen LogP contribution in [0.5, 0.6) is 5.75 Å². The van der Waals surface area contributed by atoms with Crippen LogP contribution in [0.3, 0.4) is 0 Å². The molecule has 1 unspecified atom stereocenters. The summed E-state index contributed by atoms with van der Waals surface area (Å²) in [5, 5.41) is 12.0. The van der Waals surface area contributed by atoms with Gasteiger partial charge in [-0.05, 0) is 63.1 Å². The first-order valence-corrected chi connectivity index (χ1v) is 17.8. The first-order valence-electron chi connectivity index (χ1n) is 15.6. The number of amides is 2. The van der Waals surface area contributed by atoms with Gasteiger partial charge in [-0.25, -0.2) is 13.4 Å². The first-order chi connectivity index (χ1) is 23.4. The number of amidine groups is 1. The number of carbonyl (C=O) groups is 2. The number of fused-ring (bicyclic) bond motifs is 1. The molecule has 2 aromatic carbocycles. The SMILES string of the molecule is Cc1nc2c(OCc3c(Cl)ccc(S(=O)(=O)N4CCCC4C(=O)N4CCN(C(=O)c5ccc(/C(N)=N\O)cc5)CC4)c3Cl)cccn2c1C. The third-order valence-corrected chi connectivity index (χ3v) is 12.0. The molecule has 0 spiro atoms. The van der Waals surface area contributed by atoms with Crippen LogP contribution >= 0.6 is 23.2 Å². The molecule has 2 saturated heterocycles. The van der Waals surface area contributed by atoms with Crippen molar-refractivity contribution in [1.29, 1.82) is 0 Å². The second kappa shape index (κ2) is 13.9. The van der Waals surface area contributed by atoms with E-state index < -0.39 is 16.1 Å². The Hall–Kier alpha value is -4.37. The Labute approximate surface area is 293 Å². The zero-order valence-corrected chi connectivity index (χ0v) is 29.2. The number of hydrogen-bond acceptors (Lipinski definition) is 8. The minimum atomic E-state index is -4.21. The van der Waals surface area contributed by atoms with E-state index in [1.54, 1.807) is 40.1 Å². The van der Waals surface area contributed by atoms with Crippen LogP contribution in [0.1, 0.15) is 45.7 Å². The Bertz CT molecular complexity index is 2060. The molecule has 0 radical (unpaired) electrons. The molecule has 2 fully saturated rings. The monoisotopic (exact) mass is 727 g/mol. The third-order valence-electron chi connectivity index (χ3n) is 9.10. The molecule has 1 atom stereocenters. The predicted molar refractivity (Wildman–Crippen MR) is 184 cm³/mol. The summed E-state index contributed by atoms with van der Waals surface area (Å²) in [6, 6.07) is 11.9. The van der Waals surface area contributed by atoms with Gasteiger partial charge in [0.05, 0.1) is 10.7 Å². The van der Waals surface area contributed by atoms with Crippen molar-refractivity contribution in [3.05, 3.63) is 92.9 Å². The Kier molecular flexibility index (Phi) is 9.76. The molecule has 0 aliphatic carbocycles. The van der Waals surface area contributed by atoms with Crippen molar-refractivity contribution in [2.45, 2.75) is 44.2 Å². The molecule has 3 N–H and O–H groups in total. The van der Waals surface area contributed by atoms with Gasteiger partial charge in [0, 0.05) is 66.3 Å². The molecular weight excluding hydrogens is 693 g/mol. The minimum absolute atomic E-state index is 0.0634. The van der Waals surface area contributed by atoms with E-state index in [1.165, 1.54) is 16.4 Å². The molecule has 6 rings (SSSR count). The van der Waals surface area contributed by atoms with Gasteiger partial charge in [-0.3, -0.25) is 9.59 Å². The smallest absolute Gasteiger partial charge is 0.253 e. The van der Waals surface area contributed by atoms with Crippen LogP contribution in [0.25, 0.3) is 5.65 Å². The summed E-state index contributed by atoms with van der Waals surface area (Å²) in [6.45, 7) is 4.98. The summed E-state index contributed by atoms with van der Waals surface area (Å²) >= 11 is 13.3. The second-order valence-corrected chi connectivity index (χ2v) is 14.6. The topological polar surface area (TPSA) is 163 Å². The summed E-state index contributed by atoms with van der Waals surface area (Å²) in [7, 11) is -4.21. The molecule has 4 heterocycles. The van der Waals surface area contributed by atoms with Crippen LogP contribution in [0.2, 0.25) is 10.0 Å². The van der Waals surface area contributed by atoms with Gasteiger partial charge in [0.2, 0.25) is 15.9 Å². The van der Waals surface area contributed by atoms with E-state index in [4.69, 9.17) is 38.9 Å². The molecule has 2 amide bonds. The number of piperazine rings is 1. The number of aromatic nitrogens is 2. The molecule has 2 aliphatic heterocycles. The molecule has 2 aliphatic rings. The summed E-state index contributed by atoms with van der Waals surface area (Å²) in [6.07, 6.45) is 2.74. The van der Waals surface area contributed by atoms with Crippen molar-refractivity contribution in [1.82, 2.24) is 23.5 Å². The highest BCUT2D eigenvalue weighted by molar-refractivity contribution is 7.89. The summed E-state index contributed by atoms with van der Waals surface area (Å²) in [4.78, 5) is 34.5. The molecule has 0 saturated carbocycles. The average Bonchev–Trinajstić information content (AvgIpc) is 3.72. The van der Waals surface area contributed by atoms with E-state index in [2.05, 4.69) is 10.1 Å². The van der Waals surface area contributed by atoms with Gasteiger partial charge >= 0.3 is 0 Å². The van der Waals surface area contributed by atoms with Crippen molar-refractivity contribution >= 4 is 56.5 Å². The van der Waals surface area contributed by atoms with Gasteiger partial charge < -0.3 is 29.9 Å². The molecule has 2 aromatic heterocycles. The summed E-state index contributed by atoms with van der Waals surface area (Å²) in [5.74, 6) is -0.107. The largest absolute Gasteiger partial charge is 0.485 e. The van der Waals surface area contributed by atoms with Gasteiger partial charge in [-0.15, -0.1) is 0 Å². The van der Waals surface area contributed by atoms with Gasteiger partial charge in [0.25, 0.3) is 5.91 Å². The fourth-order valence-corrected chi connectivity index (χ4v) is 8.72. The van der Waals surface area contributed by atoms with Crippen molar-refractivity contribution < 1.29 is 28.0 Å². The number of imidazole rings is 1. The zero-order valence-electron chi connectivity index (χ0n) is 26.8. The van der Waals surface area contributed by atoms with Crippen LogP contribution in [-0.2, 0) is 21.4 Å². The number of ether oxygens (including phenoxy) is 1. The molecule has 13 nitrogen and oxygen atoms in total. The maximum Gasteiger partial charge on any atom is 0.253 e. The number of carbonyl (C=O) groups excluding carboxylic acids is 2. The highest BCUT2D eigenvalue weighted by Crippen LogP contribution is 2.36. The molecule has 49 heavy (non-hydrogen) atoms. The van der Waals surface area contributed by atoms with Gasteiger partial charge in [-0.1, -0.05) is 40.5 Å². The van der Waals surface area contributed by atoms with Crippen LogP contribution in [0, 0.1) is 13.8 Å². The summed E-state index contributed by atoms with van der Waals surface area (Å²) < 4.78 is 37.4. The zero-order chi connectivity index (χ0) is 35.0. The number of hydrogen-bond donors (Lipinski definition) is 2. The van der Waals surface area contributed by atoms with E-state index >= 15 is 0 Å². The van der Waals surface area contributed by atoms with E-state index in [1.807, 2.05) is 30.5 Å². The number of pyridine rings is 1. The number of sulfonamides is 1. The lowest BCUT2D eigenvalue weighted by atomic mass is 10.1. The van der Waals surface area contributed by atoms with Crippen LogP contribution < -0.4 is 10.5 Å². The minimum Gasteiger partial charge on any atom is -0.485 e. The van der Waals surface area contributed by atoms with Crippen molar-refractivity contribution in [2.75, 3.05) is 32.7 Å². The first kappa shape index (κ1) is 34.5. The number of halogens is 2. The van der Waals surface area contributed by atoms with Crippen LogP contribution in [-0.4, -0.2) is 93.5 Å².